The Morgan fingerprint density at radius 2 is 2.00 bits per heavy atom. The topological polar surface area (TPSA) is 30.5 Å². The molecule has 0 aromatic heterocycles. The van der Waals surface area contributed by atoms with Crippen LogP contribution < -0.4 is 5.32 Å². The number of hydrogen-bond acceptors (Lipinski definition) is 3. The molecule has 1 N–H and O–H groups in total. The lowest BCUT2D eigenvalue weighted by atomic mass is 10.1. The van der Waals surface area contributed by atoms with E-state index in [2.05, 4.69) is 19.2 Å². The van der Waals surface area contributed by atoms with Crippen LogP contribution in [0.1, 0.15) is 33.1 Å². The van der Waals surface area contributed by atoms with E-state index in [1.165, 1.54) is 19.4 Å². The SMILES string of the molecule is COC(C)(C)CCOCCNCC1CC1. The van der Waals surface area contributed by atoms with Crippen molar-refractivity contribution < 1.29 is 9.47 Å². The lowest BCUT2D eigenvalue weighted by Crippen LogP contribution is -2.26. The minimum Gasteiger partial charge on any atom is -0.380 e. The monoisotopic (exact) mass is 215 g/mol. The van der Waals surface area contributed by atoms with E-state index in [0.717, 1.165) is 32.1 Å². The highest BCUT2D eigenvalue weighted by molar-refractivity contribution is 4.75. The predicted molar refractivity (Wildman–Crippen MR) is 62.1 cm³/mol. The summed E-state index contributed by atoms with van der Waals surface area (Å²) in [6, 6.07) is 0. The quantitative estimate of drug-likeness (QED) is 0.595. The third-order valence-corrected chi connectivity index (χ3v) is 2.95. The molecule has 1 saturated carbocycles. The Morgan fingerprint density at radius 3 is 2.60 bits per heavy atom. The van der Waals surface area contributed by atoms with Crippen molar-refractivity contribution in [2.24, 2.45) is 5.92 Å². The Morgan fingerprint density at radius 1 is 1.27 bits per heavy atom. The number of ether oxygens (including phenoxy) is 2. The van der Waals surface area contributed by atoms with Gasteiger partial charge in [0.1, 0.15) is 0 Å². The lowest BCUT2D eigenvalue weighted by molar-refractivity contribution is -0.00935. The van der Waals surface area contributed by atoms with Crippen molar-refractivity contribution in [2.75, 3.05) is 33.4 Å². The summed E-state index contributed by atoms with van der Waals surface area (Å²) in [5.74, 6) is 0.956. The molecule has 1 rings (SSSR count). The summed E-state index contributed by atoms with van der Waals surface area (Å²) in [5, 5.41) is 3.40. The van der Waals surface area contributed by atoms with Gasteiger partial charge in [-0.15, -0.1) is 0 Å². The Labute approximate surface area is 93.5 Å². The Kier molecular flexibility index (Phi) is 5.58. The van der Waals surface area contributed by atoms with Crippen LogP contribution in [0.4, 0.5) is 0 Å². The van der Waals surface area contributed by atoms with E-state index in [1.807, 2.05) is 0 Å². The summed E-state index contributed by atoms with van der Waals surface area (Å²) in [6.45, 7) is 7.92. The van der Waals surface area contributed by atoms with Crippen LogP contribution in [0.25, 0.3) is 0 Å². The maximum absolute atomic E-state index is 5.53. The molecule has 0 spiro atoms. The minimum absolute atomic E-state index is 0.0541. The third kappa shape index (κ3) is 6.88. The molecule has 0 aliphatic heterocycles. The molecule has 0 aromatic rings. The highest BCUT2D eigenvalue weighted by Crippen LogP contribution is 2.27. The van der Waals surface area contributed by atoms with Crippen LogP contribution in [0, 0.1) is 5.92 Å². The fourth-order valence-corrected chi connectivity index (χ4v) is 1.29. The van der Waals surface area contributed by atoms with Crippen LogP contribution in [0.2, 0.25) is 0 Å². The lowest BCUT2D eigenvalue weighted by Gasteiger charge is -2.22. The van der Waals surface area contributed by atoms with Crippen LogP contribution in [0.15, 0.2) is 0 Å². The van der Waals surface area contributed by atoms with Crippen LogP contribution in [0.3, 0.4) is 0 Å². The molecule has 0 amide bonds. The first kappa shape index (κ1) is 12.9. The fourth-order valence-electron chi connectivity index (χ4n) is 1.29. The van der Waals surface area contributed by atoms with E-state index >= 15 is 0 Å². The normalized spacial score (nSPS) is 17.0. The number of nitrogens with one attached hydrogen (secondary N) is 1. The molecule has 1 aliphatic rings. The van der Waals surface area contributed by atoms with Crippen LogP contribution in [-0.4, -0.2) is 39.0 Å². The molecule has 1 fully saturated rings. The molecule has 0 heterocycles. The van der Waals surface area contributed by atoms with E-state index in [0.29, 0.717) is 0 Å². The van der Waals surface area contributed by atoms with Crippen molar-refractivity contribution in [3.05, 3.63) is 0 Å². The second-order valence-electron chi connectivity index (χ2n) is 4.97. The van der Waals surface area contributed by atoms with Gasteiger partial charge in [0.2, 0.25) is 0 Å². The van der Waals surface area contributed by atoms with E-state index in [9.17, 15) is 0 Å². The van der Waals surface area contributed by atoms with Gasteiger partial charge in [-0.3, -0.25) is 0 Å². The second-order valence-corrected chi connectivity index (χ2v) is 4.97. The molecule has 0 atom stereocenters. The number of rotatable bonds is 9. The summed E-state index contributed by atoms with van der Waals surface area (Å²) in [4.78, 5) is 0. The average Bonchev–Trinajstić information content (AvgIpc) is 3.00. The number of hydrogen-bond donors (Lipinski definition) is 1. The Balaban J connectivity index is 1.79. The summed E-state index contributed by atoms with van der Waals surface area (Å²) in [7, 11) is 1.75. The zero-order chi connectivity index (χ0) is 11.1. The first-order valence-electron chi connectivity index (χ1n) is 5.98. The zero-order valence-corrected chi connectivity index (χ0v) is 10.3. The van der Waals surface area contributed by atoms with Gasteiger partial charge >= 0.3 is 0 Å². The highest BCUT2D eigenvalue weighted by Gasteiger charge is 2.20. The van der Waals surface area contributed by atoms with Gasteiger partial charge in [-0.2, -0.15) is 0 Å². The van der Waals surface area contributed by atoms with Crippen molar-refractivity contribution in [1.29, 1.82) is 0 Å². The van der Waals surface area contributed by atoms with Crippen molar-refractivity contribution >= 4 is 0 Å². The highest BCUT2D eigenvalue weighted by atomic mass is 16.5. The second kappa shape index (κ2) is 6.46. The van der Waals surface area contributed by atoms with Gasteiger partial charge in [0.25, 0.3) is 0 Å². The number of methoxy groups -OCH3 is 1. The van der Waals surface area contributed by atoms with Gasteiger partial charge in [0.15, 0.2) is 0 Å². The summed E-state index contributed by atoms with van der Waals surface area (Å²) >= 11 is 0. The molecule has 15 heavy (non-hydrogen) atoms. The molecule has 0 unspecified atom stereocenters. The molecule has 0 bridgehead atoms. The van der Waals surface area contributed by atoms with Crippen molar-refractivity contribution in [3.63, 3.8) is 0 Å². The van der Waals surface area contributed by atoms with Crippen molar-refractivity contribution in [3.8, 4) is 0 Å². The fraction of sp³-hybridized carbons (Fsp3) is 1.00. The first-order valence-corrected chi connectivity index (χ1v) is 5.98. The van der Waals surface area contributed by atoms with Crippen LogP contribution >= 0.6 is 0 Å². The maximum atomic E-state index is 5.53. The van der Waals surface area contributed by atoms with E-state index < -0.39 is 0 Å². The summed E-state index contributed by atoms with van der Waals surface area (Å²) in [6.07, 6.45) is 3.78. The molecular formula is C12H25NO2. The zero-order valence-electron chi connectivity index (χ0n) is 10.3. The van der Waals surface area contributed by atoms with E-state index in [4.69, 9.17) is 9.47 Å². The van der Waals surface area contributed by atoms with Gasteiger partial charge in [-0.25, -0.2) is 0 Å². The standard InChI is InChI=1S/C12H25NO2/c1-12(2,14-3)6-8-15-9-7-13-10-11-4-5-11/h11,13H,4-10H2,1-3H3. The largest absolute Gasteiger partial charge is 0.380 e. The molecular weight excluding hydrogens is 190 g/mol. The van der Waals surface area contributed by atoms with Gasteiger partial charge in [0, 0.05) is 20.3 Å². The predicted octanol–water partition coefficient (Wildman–Crippen LogP) is 1.82. The van der Waals surface area contributed by atoms with Crippen LogP contribution in [0.5, 0.6) is 0 Å². The van der Waals surface area contributed by atoms with Crippen molar-refractivity contribution in [2.45, 2.75) is 38.7 Å². The molecule has 90 valence electrons. The molecule has 3 heteroatoms. The van der Waals surface area contributed by atoms with E-state index in [-0.39, 0.29) is 5.60 Å². The van der Waals surface area contributed by atoms with Gasteiger partial charge in [0.05, 0.1) is 12.2 Å². The first-order chi connectivity index (χ1) is 7.14. The maximum Gasteiger partial charge on any atom is 0.0644 e. The van der Waals surface area contributed by atoms with Gasteiger partial charge in [-0.1, -0.05) is 0 Å². The smallest absolute Gasteiger partial charge is 0.0644 e. The Hall–Kier alpha value is -0.120. The summed E-state index contributed by atoms with van der Waals surface area (Å²) < 4.78 is 10.8. The van der Waals surface area contributed by atoms with E-state index in [1.54, 1.807) is 7.11 Å². The molecule has 1 aliphatic carbocycles. The van der Waals surface area contributed by atoms with Gasteiger partial charge < -0.3 is 14.8 Å². The molecule has 3 nitrogen and oxygen atoms in total. The van der Waals surface area contributed by atoms with Crippen molar-refractivity contribution in [1.82, 2.24) is 5.32 Å². The molecule has 0 saturated heterocycles. The van der Waals surface area contributed by atoms with Crippen LogP contribution in [-0.2, 0) is 9.47 Å². The Bertz CT molecular complexity index is 167. The minimum atomic E-state index is -0.0541. The van der Waals surface area contributed by atoms with Gasteiger partial charge in [-0.05, 0) is 45.6 Å². The summed E-state index contributed by atoms with van der Waals surface area (Å²) in [5.41, 5.74) is -0.0541. The molecule has 0 radical (unpaired) electrons. The molecule has 0 aromatic carbocycles. The third-order valence-electron chi connectivity index (χ3n) is 2.95. The average molecular weight is 215 g/mol.